The lowest BCUT2D eigenvalue weighted by Crippen LogP contribution is -1.84. The standard InChI is InChI=1S/C14H10BrFO/c15-10-14(16)11-6-8-13(9-7-11)17-12-4-2-1-3-5-12/h1-10H/b14-10-. The first-order valence-corrected chi connectivity index (χ1v) is 6.00. The molecule has 86 valence electrons. The Hall–Kier alpha value is -1.61. The molecule has 0 saturated heterocycles. The van der Waals surface area contributed by atoms with Crippen LogP contribution in [0.15, 0.2) is 59.6 Å². The summed E-state index contributed by atoms with van der Waals surface area (Å²) in [4.78, 5) is 1.25. The molecule has 0 amide bonds. The molecule has 0 unspecified atom stereocenters. The van der Waals surface area contributed by atoms with Crippen LogP contribution in [0.1, 0.15) is 5.56 Å². The Kier molecular flexibility index (Phi) is 3.94. The van der Waals surface area contributed by atoms with Gasteiger partial charge in [-0.1, -0.05) is 34.1 Å². The van der Waals surface area contributed by atoms with Gasteiger partial charge in [0.15, 0.2) is 0 Å². The predicted octanol–water partition coefficient (Wildman–Crippen LogP) is 5.14. The van der Waals surface area contributed by atoms with Gasteiger partial charge in [0, 0.05) is 10.5 Å². The van der Waals surface area contributed by atoms with Crippen molar-refractivity contribution >= 4 is 21.8 Å². The van der Waals surface area contributed by atoms with Crippen molar-refractivity contribution < 1.29 is 9.13 Å². The Morgan fingerprint density at radius 2 is 1.53 bits per heavy atom. The fourth-order valence-electron chi connectivity index (χ4n) is 1.37. The summed E-state index contributed by atoms with van der Waals surface area (Å²) >= 11 is 2.96. The van der Waals surface area contributed by atoms with E-state index in [1.165, 1.54) is 4.99 Å². The average molecular weight is 293 g/mol. The first-order valence-electron chi connectivity index (χ1n) is 5.09. The molecular formula is C14H10BrFO. The highest BCUT2D eigenvalue weighted by molar-refractivity contribution is 9.11. The van der Waals surface area contributed by atoms with Crippen molar-refractivity contribution in [3.63, 3.8) is 0 Å². The maximum atomic E-state index is 13.2. The van der Waals surface area contributed by atoms with Gasteiger partial charge in [0.2, 0.25) is 0 Å². The van der Waals surface area contributed by atoms with E-state index in [1.54, 1.807) is 24.3 Å². The molecule has 2 rings (SSSR count). The van der Waals surface area contributed by atoms with Crippen LogP contribution in [0.3, 0.4) is 0 Å². The van der Waals surface area contributed by atoms with Crippen molar-refractivity contribution in [1.82, 2.24) is 0 Å². The molecule has 0 aromatic heterocycles. The summed E-state index contributed by atoms with van der Waals surface area (Å²) < 4.78 is 18.8. The topological polar surface area (TPSA) is 9.23 Å². The molecule has 0 radical (unpaired) electrons. The van der Waals surface area contributed by atoms with Gasteiger partial charge in [-0.3, -0.25) is 0 Å². The quantitative estimate of drug-likeness (QED) is 0.761. The zero-order valence-corrected chi connectivity index (χ0v) is 10.5. The van der Waals surface area contributed by atoms with Crippen LogP contribution < -0.4 is 4.74 Å². The molecule has 0 aliphatic heterocycles. The normalized spacial score (nSPS) is 11.3. The van der Waals surface area contributed by atoms with Gasteiger partial charge < -0.3 is 4.74 Å². The number of para-hydroxylation sites is 1. The molecule has 0 bridgehead atoms. The van der Waals surface area contributed by atoms with Gasteiger partial charge >= 0.3 is 0 Å². The Bertz CT molecular complexity index is 506. The second-order valence-electron chi connectivity index (χ2n) is 3.40. The van der Waals surface area contributed by atoms with Crippen LogP contribution in [-0.4, -0.2) is 0 Å². The van der Waals surface area contributed by atoms with Gasteiger partial charge in [-0.05, 0) is 36.4 Å². The number of hydrogen-bond acceptors (Lipinski definition) is 1. The van der Waals surface area contributed by atoms with E-state index in [0.717, 1.165) is 5.75 Å². The van der Waals surface area contributed by atoms with E-state index >= 15 is 0 Å². The minimum atomic E-state index is -0.309. The highest BCUT2D eigenvalue weighted by Crippen LogP contribution is 2.24. The maximum absolute atomic E-state index is 13.2. The largest absolute Gasteiger partial charge is 0.457 e. The zero-order valence-electron chi connectivity index (χ0n) is 8.94. The summed E-state index contributed by atoms with van der Waals surface area (Å²) in [5.41, 5.74) is 0.516. The van der Waals surface area contributed by atoms with Crippen LogP contribution in [0, 0.1) is 0 Å². The Labute approximate surface area is 108 Å². The van der Waals surface area contributed by atoms with Gasteiger partial charge in [-0.2, -0.15) is 0 Å². The fraction of sp³-hybridized carbons (Fsp3) is 0. The van der Waals surface area contributed by atoms with Crippen LogP contribution in [0.5, 0.6) is 11.5 Å². The first kappa shape index (κ1) is 11.9. The van der Waals surface area contributed by atoms with Gasteiger partial charge in [0.1, 0.15) is 17.3 Å². The van der Waals surface area contributed by atoms with Crippen molar-refractivity contribution in [2.45, 2.75) is 0 Å². The maximum Gasteiger partial charge on any atom is 0.137 e. The lowest BCUT2D eigenvalue weighted by molar-refractivity contribution is 0.482. The second-order valence-corrected chi connectivity index (χ2v) is 3.85. The molecule has 0 N–H and O–H groups in total. The van der Waals surface area contributed by atoms with Gasteiger partial charge in [-0.25, -0.2) is 4.39 Å². The number of rotatable bonds is 3. The molecule has 0 heterocycles. The number of halogens is 2. The lowest BCUT2D eigenvalue weighted by atomic mass is 10.2. The van der Waals surface area contributed by atoms with Crippen molar-refractivity contribution in [2.75, 3.05) is 0 Å². The van der Waals surface area contributed by atoms with Crippen molar-refractivity contribution in [3.8, 4) is 11.5 Å². The first-order chi connectivity index (χ1) is 8.29. The molecule has 0 aliphatic carbocycles. The molecule has 0 atom stereocenters. The smallest absolute Gasteiger partial charge is 0.137 e. The summed E-state index contributed by atoms with van der Waals surface area (Å²) in [7, 11) is 0. The van der Waals surface area contributed by atoms with E-state index in [0.29, 0.717) is 11.3 Å². The molecular weight excluding hydrogens is 283 g/mol. The van der Waals surface area contributed by atoms with E-state index in [9.17, 15) is 4.39 Å². The third-order valence-corrected chi connectivity index (χ3v) is 2.61. The Morgan fingerprint density at radius 3 is 2.12 bits per heavy atom. The lowest BCUT2D eigenvalue weighted by Gasteiger charge is -2.05. The molecule has 2 aromatic rings. The summed E-state index contributed by atoms with van der Waals surface area (Å²) in [5, 5.41) is 0. The number of ether oxygens (including phenoxy) is 1. The number of benzene rings is 2. The van der Waals surface area contributed by atoms with Crippen LogP contribution in [0.25, 0.3) is 5.83 Å². The average Bonchev–Trinajstić information content (AvgIpc) is 2.40. The molecule has 3 heteroatoms. The van der Waals surface area contributed by atoms with Crippen LogP contribution in [0.2, 0.25) is 0 Å². The summed E-state index contributed by atoms with van der Waals surface area (Å²) in [5.74, 6) is 1.13. The van der Waals surface area contributed by atoms with Crippen molar-refractivity contribution in [1.29, 1.82) is 0 Å². The monoisotopic (exact) mass is 292 g/mol. The molecule has 2 aromatic carbocycles. The zero-order chi connectivity index (χ0) is 12.1. The minimum absolute atomic E-state index is 0.309. The van der Waals surface area contributed by atoms with E-state index in [-0.39, 0.29) is 5.83 Å². The fourth-order valence-corrected chi connectivity index (χ4v) is 1.63. The minimum Gasteiger partial charge on any atom is -0.457 e. The highest BCUT2D eigenvalue weighted by atomic mass is 79.9. The number of hydrogen-bond donors (Lipinski definition) is 0. The molecule has 0 aliphatic rings. The summed E-state index contributed by atoms with van der Waals surface area (Å²) in [6, 6.07) is 16.3. The molecule has 0 fully saturated rings. The predicted molar refractivity (Wildman–Crippen MR) is 71.0 cm³/mol. The second kappa shape index (κ2) is 5.64. The Morgan fingerprint density at radius 1 is 0.941 bits per heavy atom. The molecule has 0 spiro atoms. The van der Waals surface area contributed by atoms with E-state index < -0.39 is 0 Å². The van der Waals surface area contributed by atoms with Crippen molar-refractivity contribution in [2.24, 2.45) is 0 Å². The third-order valence-electron chi connectivity index (χ3n) is 2.20. The highest BCUT2D eigenvalue weighted by Gasteiger charge is 2.00. The van der Waals surface area contributed by atoms with E-state index in [1.807, 2.05) is 30.3 Å². The SMILES string of the molecule is F/C(=C\Br)c1ccc(Oc2ccccc2)cc1. The molecule has 17 heavy (non-hydrogen) atoms. The van der Waals surface area contributed by atoms with Crippen LogP contribution in [-0.2, 0) is 0 Å². The third kappa shape index (κ3) is 3.17. The summed E-state index contributed by atoms with van der Waals surface area (Å²) in [6.07, 6.45) is 0. The van der Waals surface area contributed by atoms with Gasteiger partial charge in [-0.15, -0.1) is 0 Å². The van der Waals surface area contributed by atoms with Gasteiger partial charge in [0.25, 0.3) is 0 Å². The van der Waals surface area contributed by atoms with E-state index in [2.05, 4.69) is 15.9 Å². The van der Waals surface area contributed by atoms with E-state index in [4.69, 9.17) is 4.74 Å². The van der Waals surface area contributed by atoms with Crippen LogP contribution >= 0.6 is 15.9 Å². The van der Waals surface area contributed by atoms with Gasteiger partial charge in [0.05, 0.1) is 0 Å². The summed E-state index contributed by atoms with van der Waals surface area (Å²) in [6.45, 7) is 0. The van der Waals surface area contributed by atoms with Crippen molar-refractivity contribution in [3.05, 3.63) is 65.1 Å². The Balaban J connectivity index is 2.14. The molecule has 1 nitrogen and oxygen atoms in total. The molecule has 0 saturated carbocycles. The van der Waals surface area contributed by atoms with Crippen LogP contribution in [0.4, 0.5) is 4.39 Å².